The van der Waals surface area contributed by atoms with E-state index in [1.807, 2.05) is 35.0 Å². The second-order valence-corrected chi connectivity index (χ2v) is 4.99. The molecule has 0 spiro atoms. The molecule has 20 heavy (non-hydrogen) atoms. The smallest absolute Gasteiger partial charge is 0.182 e. The average molecular weight is 271 g/mol. The summed E-state index contributed by atoms with van der Waals surface area (Å²) < 4.78 is 1.86. The molecule has 0 fully saturated rings. The average Bonchev–Trinajstić information content (AvgIpc) is 2.88. The molecule has 4 heteroatoms. The second kappa shape index (κ2) is 6.98. The van der Waals surface area contributed by atoms with Crippen molar-refractivity contribution in [2.45, 2.75) is 46.1 Å². The van der Waals surface area contributed by atoms with Gasteiger partial charge in [0.15, 0.2) is 11.5 Å². The monoisotopic (exact) mass is 271 g/mol. The molecule has 0 saturated heterocycles. The van der Waals surface area contributed by atoms with Crippen molar-refractivity contribution >= 4 is 5.78 Å². The molecule has 106 valence electrons. The molecule has 0 N–H and O–H groups in total. The van der Waals surface area contributed by atoms with Gasteiger partial charge in [0.1, 0.15) is 0 Å². The Bertz CT molecular complexity index is 560. The molecular weight excluding hydrogens is 250 g/mol. The topological polar surface area (TPSA) is 47.8 Å². The Labute approximate surface area is 119 Å². The lowest BCUT2D eigenvalue weighted by atomic mass is 10.1. The molecule has 0 atom stereocenters. The molecule has 0 saturated carbocycles. The van der Waals surface area contributed by atoms with Crippen LogP contribution in [0.25, 0.3) is 11.3 Å². The number of hydrogen-bond donors (Lipinski definition) is 0. The Morgan fingerprint density at radius 1 is 1.15 bits per heavy atom. The van der Waals surface area contributed by atoms with Gasteiger partial charge in [0.25, 0.3) is 0 Å². The minimum Gasteiger partial charge on any atom is -0.293 e. The van der Waals surface area contributed by atoms with Crippen molar-refractivity contribution in [1.82, 2.24) is 15.0 Å². The molecule has 1 heterocycles. The summed E-state index contributed by atoms with van der Waals surface area (Å²) in [5, 5.41) is 8.21. The van der Waals surface area contributed by atoms with E-state index in [4.69, 9.17) is 0 Å². The Hall–Kier alpha value is -1.97. The number of unbranched alkanes of at least 4 members (excludes halogenated alkanes) is 3. The molecule has 0 aliphatic heterocycles. The van der Waals surface area contributed by atoms with Gasteiger partial charge in [0, 0.05) is 19.0 Å². The predicted octanol–water partition coefficient (Wildman–Crippen LogP) is 3.73. The van der Waals surface area contributed by atoms with Crippen LogP contribution >= 0.6 is 0 Å². The Morgan fingerprint density at radius 2 is 1.90 bits per heavy atom. The molecule has 0 radical (unpaired) electrons. The number of benzene rings is 1. The Kier molecular flexibility index (Phi) is 5.04. The van der Waals surface area contributed by atoms with Gasteiger partial charge in [-0.2, -0.15) is 0 Å². The molecule has 2 aromatic rings. The minimum atomic E-state index is -0.0383. The third-order valence-corrected chi connectivity index (χ3v) is 3.34. The first-order chi connectivity index (χ1) is 9.74. The summed E-state index contributed by atoms with van der Waals surface area (Å²) in [7, 11) is 0. The quantitative estimate of drug-likeness (QED) is 0.569. The van der Waals surface area contributed by atoms with Gasteiger partial charge in [-0.1, -0.05) is 61.7 Å². The zero-order chi connectivity index (χ0) is 14.4. The van der Waals surface area contributed by atoms with Gasteiger partial charge in [-0.05, 0) is 6.42 Å². The highest BCUT2D eigenvalue weighted by Gasteiger charge is 2.17. The maximum Gasteiger partial charge on any atom is 0.182 e. The summed E-state index contributed by atoms with van der Waals surface area (Å²) >= 11 is 0. The van der Waals surface area contributed by atoms with Crippen LogP contribution in [0.2, 0.25) is 0 Å². The van der Waals surface area contributed by atoms with Gasteiger partial charge >= 0.3 is 0 Å². The van der Waals surface area contributed by atoms with Gasteiger partial charge < -0.3 is 0 Å². The molecule has 1 aromatic heterocycles. The van der Waals surface area contributed by atoms with Crippen LogP contribution in [0.5, 0.6) is 0 Å². The lowest BCUT2D eigenvalue weighted by Crippen LogP contribution is -2.04. The fraction of sp³-hybridized carbons (Fsp3) is 0.438. The zero-order valence-electron chi connectivity index (χ0n) is 12.2. The minimum absolute atomic E-state index is 0.0383. The van der Waals surface area contributed by atoms with Crippen molar-refractivity contribution in [3.63, 3.8) is 0 Å². The molecule has 0 bridgehead atoms. The van der Waals surface area contributed by atoms with E-state index in [1.54, 1.807) is 0 Å². The van der Waals surface area contributed by atoms with E-state index in [0.717, 1.165) is 24.2 Å². The van der Waals surface area contributed by atoms with E-state index < -0.39 is 0 Å². The van der Waals surface area contributed by atoms with Gasteiger partial charge in [0.05, 0.1) is 5.69 Å². The van der Waals surface area contributed by atoms with E-state index >= 15 is 0 Å². The number of nitrogens with zero attached hydrogens (tertiary/aromatic N) is 3. The SMILES string of the molecule is CCCCCCn1nnc(C(C)=O)c1-c1ccccc1. The highest BCUT2D eigenvalue weighted by molar-refractivity contribution is 5.97. The maximum atomic E-state index is 11.7. The van der Waals surface area contributed by atoms with Crippen molar-refractivity contribution in [1.29, 1.82) is 0 Å². The van der Waals surface area contributed by atoms with Crippen molar-refractivity contribution in [2.24, 2.45) is 0 Å². The van der Waals surface area contributed by atoms with E-state index in [-0.39, 0.29) is 5.78 Å². The van der Waals surface area contributed by atoms with Crippen LogP contribution in [0.15, 0.2) is 30.3 Å². The number of aromatic nitrogens is 3. The highest BCUT2D eigenvalue weighted by Crippen LogP contribution is 2.22. The Morgan fingerprint density at radius 3 is 2.55 bits per heavy atom. The molecule has 0 aliphatic carbocycles. The molecule has 0 aliphatic rings. The van der Waals surface area contributed by atoms with E-state index in [1.165, 1.54) is 26.2 Å². The van der Waals surface area contributed by atoms with Crippen molar-refractivity contribution in [3.8, 4) is 11.3 Å². The van der Waals surface area contributed by atoms with Crippen LogP contribution in [0.3, 0.4) is 0 Å². The summed E-state index contributed by atoms with van der Waals surface area (Å²) in [5.74, 6) is -0.0383. The zero-order valence-corrected chi connectivity index (χ0v) is 12.2. The van der Waals surface area contributed by atoms with Crippen LogP contribution in [-0.4, -0.2) is 20.8 Å². The molecule has 2 rings (SSSR count). The molecule has 1 aromatic carbocycles. The predicted molar refractivity (Wildman–Crippen MR) is 79.6 cm³/mol. The normalized spacial score (nSPS) is 10.7. The van der Waals surface area contributed by atoms with Crippen molar-refractivity contribution < 1.29 is 4.79 Å². The van der Waals surface area contributed by atoms with Crippen LogP contribution in [0.4, 0.5) is 0 Å². The first-order valence-electron chi connectivity index (χ1n) is 7.24. The summed E-state index contributed by atoms with van der Waals surface area (Å²) in [6, 6.07) is 9.88. The van der Waals surface area contributed by atoms with Gasteiger partial charge in [-0.15, -0.1) is 5.10 Å². The number of ketones is 1. The third-order valence-electron chi connectivity index (χ3n) is 3.34. The summed E-state index contributed by atoms with van der Waals surface area (Å²) in [5.41, 5.74) is 2.31. The fourth-order valence-corrected chi connectivity index (χ4v) is 2.28. The first kappa shape index (κ1) is 14.4. The van der Waals surface area contributed by atoms with Crippen molar-refractivity contribution in [2.75, 3.05) is 0 Å². The number of carbonyl (C=O) groups is 1. The van der Waals surface area contributed by atoms with Crippen LogP contribution < -0.4 is 0 Å². The fourth-order valence-electron chi connectivity index (χ4n) is 2.28. The van der Waals surface area contributed by atoms with Crippen LogP contribution in [0, 0.1) is 0 Å². The van der Waals surface area contributed by atoms with Gasteiger partial charge in [-0.3, -0.25) is 4.79 Å². The standard InChI is InChI=1S/C16H21N3O/c1-3-4-5-9-12-19-16(14-10-7-6-8-11-14)15(13(2)20)17-18-19/h6-8,10-11H,3-5,9,12H2,1-2H3. The molecule has 0 amide bonds. The van der Waals surface area contributed by atoms with E-state index in [2.05, 4.69) is 17.2 Å². The number of Topliss-reactive ketones (excluding diaryl/α,β-unsaturated/α-hetero) is 1. The van der Waals surface area contributed by atoms with Gasteiger partial charge in [-0.25, -0.2) is 4.68 Å². The van der Waals surface area contributed by atoms with Gasteiger partial charge in [0.2, 0.25) is 0 Å². The third kappa shape index (κ3) is 3.32. The number of hydrogen-bond acceptors (Lipinski definition) is 3. The molecular formula is C16H21N3O. The van der Waals surface area contributed by atoms with Crippen LogP contribution in [-0.2, 0) is 6.54 Å². The number of rotatable bonds is 7. The first-order valence-corrected chi connectivity index (χ1v) is 7.24. The second-order valence-electron chi connectivity index (χ2n) is 4.99. The van der Waals surface area contributed by atoms with E-state index in [9.17, 15) is 4.79 Å². The molecule has 4 nitrogen and oxygen atoms in total. The number of carbonyl (C=O) groups excluding carboxylic acids is 1. The number of aryl methyl sites for hydroxylation is 1. The summed E-state index contributed by atoms with van der Waals surface area (Å²) in [6.45, 7) is 4.54. The Balaban J connectivity index is 2.26. The maximum absolute atomic E-state index is 11.7. The molecule has 0 unspecified atom stereocenters. The summed E-state index contributed by atoms with van der Waals surface area (Å²) in [6.07, 6.45) is 4.69. The van der Waals surface area contributed by atoms with Crippen LogP contribution in [0.1, 0.15) is 50.0 Å². The van der Waals surface area contributed by atoms with E-state index in [0.29, 0.717) is 5.69 Å². The largest absolute Gasteiger partial charge is 0.293 e. The lowest BCUT2D eigenvalue weighted by Gasteiger charge is -2.07. The highest BCUT2D eigenvalue weighted by atomic mass is 16.1. The lowest BCUT2D eigenvalue weighted by molar-refractivity contribution is 0.101. The summed E-state index contributed by atoms with van der Waals surface area (Å²) in [4.78, 5) is 11.7. The van der Waals surface area contributed by atoms with Crippen molar-refractivity contribution in [3.05, 3.63) is 36.0 Å².